The lowest BCUT2D eigenvalue weighted by atomic mass is 10.00. The van der Waals surface area contributed by atoms with Crippen LogP contribution in [0, 0.1) is 0 Å². The zero-order chi connectivity index (χ0) is 22.2. The summed E-state index contributed by atoms with van der Waals surface area (Å²) in [6.07, 6.45) is -4.46. The highest BCUT2D eigenvalue weighted by molar-refractivity contribution is 6.35. The average molecular weight is 472 g/mol. The van der Waals surface area contributed by atoms with Crippen LogP contribution in [0.3, 0.4) is 0 Å². The maximum atomic E-state index is 12.9. The monoisotopic (exact) mass is 471 g/mol. The summed E-state index contributed by atoms with van der Waals surface area (Å²) in [5.74, 6) is 0.221. The fourth-order valence-corrected chi connectivity index (χ4v) is 3.48. The lowest BCUT2D eigenvalue weighted by molar-refractivity contribution is -0.138. The molecule has 0 bridgehead atoms. The number of aromatic nitrogens is 2. The van der Waals surface area contributed by atoms with Gasteiger partial charge in [0, 0.05) is 23.7 Å². The predicted octanol–water partition coefficient (Wildman–Crippen LogP) is 5.07. The first-order valence-electron chi connectivity index (χ1n) is 9.07. The number of carbonyl (C=O) groups is 1. The number of carbonyl (C=O) groups excluding carboxylic acids is 1. The normalized spacial score (nSPS) is 14.4. The number of nitrogens with zero attached hydrogens (tertiary/aromatic N) is 3. The molecular weight excluding hydrogens is 458 g/mol. The Labute approximate surface area is 184 Å². The van der Waals surface area contributed by atoms with E-state index in [1.165, 1.54) is 18.2 Å². The van der Waals surface area contributed by atoms with Gasteiger partial charge in [0.1, 0.15) is 5.75 Å². The molecule has 0 saturated carbocycles. The van der Waals surface area contributed by atoms with Crippen LogP contribution in [0.2, 0.25) is 10.0 Å². The number of hydrogen-bond acceptors (Lipinski definition) is 5. The molecule has 1 fully saturated rings. The molecule has 3 aromatic rings. The summed E-state index contributed by atoms with van der Waals surface area (Å²) in [6, 6.07) is 9.38. The van der Waals surface area contributed by atoms with E-state index < -0.39 is 11.7 Å². The molecule has 1 aliphatic heterocycles. The summed E-state index contributed by atoms with van der Waals surface area (Å²) in [4.78, 5) is 18.0. The van der Waals surface area contributed by atoms with Crippen molar-refractivity contribution in [1.29, 1.82) is 0 Å². The molecule has 1 saturated heterocycles. The SMILES string of the molecule is O=C(COc1ccc(Cl)cc1Cl)N1CC(c2nc(-c3cccc(C(F)(F)F)c3)no2)C1. The molecule has 31 heavy (non-hydrogen) atoms. The highest BCUT2D eigenvalue weighted by Gasteiger charge is 2.36. The van der Waals surface area contributed by atoms with E-state index >= 15 is 0 Å². The van der Waals surface area contributed by atoms with Crippen LogP contribution in [-0.4, -0.2) is 40.6 Å². The molecule has 0 unspecified atom stereocenters. The molecule has 2 aromatic carbocycles. The van der Waals surface area contributed by atoms with Gasteiger partial charge in [-0.2, -0.15) is 18.2 Å². The first-order chi connectivity index (χ1) is 14.7. The Morgan fingerprint density at radius 1 is 1.19 bits per heavy atom. The van der Waals surface area contributed by atoms with Gasteiger partial charge in [-0.3, -0.25) is 4.79 Å². The van der Waals surface area contributed by atoms with Crippen molar-refractivity contribution < 1.29 is 27.2 Å². The van der Waals surface area contributed by atoms with Gasteiger partial charge in [0.25, 0.3) is 5.91 Å². The maximum absolute atomic E-state index is 12.9. The van der Waals surface area contributed by atoms with E-state index in [0.29, 0.717) is 28.9 Å². The standard InChI is InChI=1S/C20H14Cl2F3N3O3/c21-14-4-5-16(15(22)7-14)30-10-17(29)28-8-12(9-28)19-26-18(27-31-19)11-2-1-3-13(6-11)20(23,24)25/h1-7,12H,8-10H2. The fraction of sp³-hybridized carbons (Fsp3) is 0.250. The summed E-state index contributed by atoms with van der Waals surface area (Å²) < 4.78 is 49.3. The Kier molecular flexibility index (Phi) is 5.81. The Morgan fingerprint density at radius 3 is 2.68 bits per heavy atom. The molecule has 0 N–H and O–H groups in total. The Bertz CT molecular complexity index is 1110. The number of alkyl halides is 3. The van der Waals surface area contributed by atoms with E-state index in [1.807, 2.05) is 0 Å². The second-order valence-electron chi connectivity index (χ2n) is 6.89. The second kappa shape index (κ2) is 8.39. The summed E-state index contributed by atoms with van der Waals surface area (Å²) in [7, 11) is 0. The number of amides is 1. The van der Waals surface area contributed by atoms with Gasteiger partial charge in [0.15, 0.2) is 6.61 Å². The maximum Gasteiger partial charge on any atom is 0.416 e. The first kappa shape index (κ1) is 21.5. The van der Waals surface area contributed by atoms with Gasteiger partial charge in [0.2, 0.25) is 11.7 Å². The summed E-state index contributed by atoms with van der Waals surface area (Å²) in [5.41, 5.74) is -0.595. The van der Waals surface area contributed by atoms with Crippen LogP contribution < -0.4 is 4.74 Å². The minimum atomic E-state index is -4.46. The molecule has 0 radical (unpaired) electrons. The molecule has 1 amide bonds. The quantitative estimate of drug-likeness (QED) is 0.519. The minimum absolute atomic E-state index is 0.0617. The van der Waals surface area contributed by atoms with E-state index in [4.69, 9.17) is 32.5 Å². The van der Waals surface area contributed by atoms with Gasteiger partial charge in [-0.05, 0) is 30.3 Å². The van der Waals surface area contributed by atoms with Crippen molar-refractivity contribution in [1.82, 2.24) is 15.0 Å². The Hall–Kier alpha value is -2.78. The van der Waals surface area contributed by atoms with Crippen molar-refractivity contribution in [3.05, 3.63) is 64.0 Å². The van der Waals surface area contributed by atoms with E-state index in [1.54, 1.807) is 17.0 Å². The molecule has 1 aliphatic rings. The number of ether oxygens (including phenoxy) is 1. The van der Waals surface area contributed by atoms with Crippen LogP contribution >= 0.6 is 23.2 Å². The van der Waals surface area contributed by atoms with Crippen LogP contribution in [0.1, 0.15) is 17.4 Å². The second-order valence-corrected chi connectivity index (χ2v) is 7.74. The van der Waals surface area contributed by atoms with Crippen molar-refractivity contribution in [3.63, 3.8) is 0 Å². The first-order valence-corrected chi connectivity index (χ1v) is 9.83. The van der Waals surface area contributed by atoms with Crippen molar-refractivity contribution in [3.8, 4) is 17.1 Å². The molecular formula is C20H14Cl2F3N3O3. The number of halogens is 5. The van der Waals surface area contributed by atoms with E-state index in [0.717, 1.165) is 12.1 Å². The molecule has 4 rings (SSSR count). The van der Waals surface area contributed by atoms with Crippen molar-refractivity contribution in [2.24, 2.45) is 0 Å². The number of rotatable bonds is 5. The van der Waals surface area contributed by atoms with E-state index in [9.17, 15) is 18.0 Å². The third-order valence-electron chi connectivity index (χ3n) is 4.72. The number of hydrogen-bond donors (Lipinski definition) is 0. The molecule has 1 aromatic heterocycles. The lowest BCUT2D eigenvalue weighted by Crippen LogP contribution is -2.50. The van der Waals surface area contributed by atoms with Crippen LogP contribution in [0.25, 0.3) is 11.4 Å². The molecule has 2 heterocycles. The number of likely N-dealkylation sites (tertiary alicyclic amines) is 1. The highest BCUT2D eigenvalue weighted by atomic mass is 35.5. The lowest BCUT2D eigenvalue weighted by Gasteiger charge is -2.36. The van der Waals surface area contributed by atoms with Gasteiger partial charge in [0.05, 0.1) is 16.5 Å². The van der Waals surface area contributed by atoms with E-state index in [2.05, 4.69) is 10.1 Å². The van der Waals surface area contributed by atoms with Crippen LogP contribution in [0.4, 0.5) is 13.2 Å². The van der Waals surface area contributed by atoms with Crippen molar-refractivity contribution in [2.75, 3.05) is 19.7 Å². The van der Waals surface area contributed by atoms with Gasteiger partial charge in [-0.25, -0.2) is 0 Å². The van der Waals surface area contributed by atoms with Gasteiger partial charge in [-0.15, -0.1) is 0 Å². The van der Waals surface area contributed by atoms with Crippen LogP contribution in [-0.2, 0) is 11.0 Å². The topological polar surface area (TPSA) is 68.5 Å². The molecule has 0 atom stereocenters. The third kappa shape index (κ3) is 4.77. The third-order valence-corrected chi connectivity index (χ3v) is 5.25. The summed E-state index contributed by atoms with van der Waals surface area (Å²) in [5, 5.41) is 4.53. The van der Waals surface area contributed by atoms with Crippen LogP contribution in [0.15, 0.2) is 47.0 Å². The largest absolute Gasteiger partial charge is 0.482 e. The van der Waals surface area contributed by atoms with Gasteiger partial charge >= 0.3 is 6.18 Å². The molecule has 162 valence electrons. The molecule has 6 nitrogen and oxygen atoms in total. The number of benzene rings is 2. The molecule has 0 aliphatic carbocycles. The minimum Gasteiger partial charge on any atom is -0.482 e. The molecule has 11 heteroatoms. The van der Waals surface area contributed by atoms with Crippen molar-refractivity contribution >= 4 is 29.1 Å². The van der Waals surface area contributed by atoms with Crippen molar-refractivity contribution in [2.45, 2.75) is 12.1 Å². The average Bonchev–Trinajstić information content (AvgIpc) is 3.15. The zero-order valence-corrected chi connectivity index (χ0v) is 17.2. The van der Waals surface area contributed by atoms with Crippen LogP contribution in [0.5, 0.6) is 5.75 Å². The Balaban J connectivity index is 1.33. The summed E-state index contributed by atoms with van der Waals surface area (Å²) >= 11 is 11.8. The molecule has 0 spiro atoms. The summed E-state index contributed by atoms with van der Waals surface area (Å²) in [6.45, 7) is 0.467. The smallest absolute Gasteiger partial charge is 0.416 e. The van der Waals surface area contributed by atoms with Gasteiger partial charge < -0.3 is 14.2 Å². The highest BCUT2D eigenvalue weighted by Crippen LogP contribution is 2.33. The predicted molar refractivity (Wildman–Crippen MR) is 106 cm³/mol. The van der Waals surface area contributed by atoms with Gasteiger partial charge in [-0.1, -0.05) is 40.5 Å². The zero-order valence-electron chi connectivity index (χ0n) is 15.7. The van der Waals surface area contributed by atoms with E-state index in [-0.39, 0.29) is 35.7 Å². The fourth-order valence-electron chi connectivity index (χ4n) is 3.01. The Morgan fingerprint density at radius 2 is 1.97 bits per heavy atom.